The van der Waals surface area contributed by atoms with E-state index in [4.69, 9.17) is 19.5 Å². The summed E-state index contributed by atoms with van der Waals surface area (Å²) in [5.41, 5.74) is 0. The van der Waals surface area contributed by atoms with Crippen molar-refractivity contribution in [1.29, 1.82) is 0 Å². The molecule has 6 heteroatoms. The van der Waals surface area contributed by atoms with Crippen molar-refractivity contribution in [3.63, 3.8) is 0 Å². The molecular weight excluding hydrogens is 179 g/mol. The summed E-state index contributed by atoms with van der Waals surface area (Å²) in [5.74, 6) is 0.906. The lowest BCUT2D eigenvalue weighted by Crippen LogP contribution is -2.28. The Balaban J connectivity index is 3.05. The van der Waals surface area contributed by atoms with Gasteiger partial charge in [-0.3, -0.25) is 0 Å². The summed E-state index contributed by atoms with van der Waals surface area (Å²) >= 11 is 1.18. The van der Waals surface area contributed by atoms with Crippen LogP contribution < -0.4 is 14.3 Å². The van der Waals surface area contributed by atoms with E-state index in [1.165, 1.54) is 25.6 Å². The van der Waals surface area contributed by atoms with Crippen molar-refractivity contribution in [2.75, 3.05) is 14.2 Å². The molecular formula is C6H9BO4S. The number of hydrogen-bond acceptors (Lipinski definition) is 5. The summed E-state index contributed by atoms with van der Waals surface area (Å²) in [6.45, 7) is 0. The van der Waals surface area contributed by atoms with Gasteiger partial charge in [0.25, 0.3) is 0 Å². The number of ether oxygens (including phenoxy) is 2. The average molecular weight is 188 g/mol. The first kappa shape index (κ1) is 9.37. The van der Waals surface area contributed by atoms with Crippen LogP contribution >= 0.6 is 11.3 Å². The molecule has 4 nitrogen and oxygen atoms in total. The fourth-order valence-electron chi connectivity index (χ4n) is 0.866. The number of thiophene rings is 1. The molecule has 2 N–H and O–H groups in total. The highest BCUT2D eigenvalue weighted by Gasteiger charge is 2.22. The summed E-state index contributed by atoms with van der Waals surface area (Å²) in [5, 5.41) is 19.4. The van der Waals surface area contributed by atoms with Gasteiger partial charge in [0.2, 0.25) is 0 Å². The van der Waals surface area contributed by atoms with Gasteiger partial charge in [-0.2, -0.15) is 0 Å². The minimum Gasteiger partial charge on any atom is -0.492 e. The summed E-state index contributed by atoms with van der Waals surface area (Å²) < 4.78 is 10.2. The van der Waals surface area contributed by atoms with Crippen LogP contribution in [-0.4, -0.2) is 31.4 Å². The molecule has 1 aromatic rings. The standard InChI is InChI=1S/C6H9BO4S/c1-10-4-3-12-6(7(8)9)5(4)11-2/h3,8-9H,1-2H3. The van der Waals surface area contributed by atoms with Gasteiger partial charge in [0.15, 0.2) is 11.5 Å². The SMILES string of the molecule is COc1csc(B(O)O)c1OC. The van der Waals surface area contributed by atoms with Gasteiger partial charge < -0.3 is 19.5 Å². The Morgan fingerprint density at radius 3 is 2.42 bits per heavy atom. The van der Waals surface area contributed by atoms with Crippen molar-refractivity contribution < 1.29 is 19.5 Å². The topological polar surface area (TPSA) is 58.9 Å². The van der Waals surface area contributed by atoms with Crippen LogP contribution in [0.2, 0.25) is 0 Å². The van der Waals surface area contributed by atoms with Crippen LogP contribution in [0.3, 0.4) is 0 Å². The third-order valence-electron chi connectivity index (χ3n) is 1.40. The normalized spacial score (nSPS) is 9.67. The second-order valence-electron chi connectivity index (χ2n) is 2.08. The van der Waals surface area contributed by atoms with Gasteiger partial charge in [0.1, 0.15) is 0 Å². The Hall–Kier alpha value is -0.715. The highest BCUT2D eigenvalue weighted by molar-refractivity contribution is 7.21. The average Bonchev–Trinajstić information content (AvgIpc) is 2.46. The molecule has 1 rings (SSSR count). The number of hydrogen-bond donors (Lipinski definition) is 2. The summed E-state index contributed by atoms with van der Waals surface area (Å²) in [7, 11) is 1.45. The predicted molar refractivity (Wildman–Crippen MR) is 47.2 cm³/mol. The molecule has 0 atom stereocenters. The van der Waals surface area contributed by atoms with E-state index in [0.717, 1.165) is 0 Å². The molecule has 0 aromatic carbocycles. The van der Waals surface area contributed by atoms with E-state index in [9.17, 15) is 0 Å². The van der Waals surface area contributed by atoms with E-state index in [-0.39, 0.29) is 0 Å². The summed E-state index contributed by atoms with van der Waals surface area (Å²) in [4.78, 5) is 0. The monoisotopic (exact) mass is 188 g/mol. The molecule has 66 valence electrons. The third kappa shape index (κ3) is 1.55. The molecule has 0 aliphatic carbocycles. The second-order valence-corrected chi connectivity index (χ2v) is 2.99. The Morgan fingerprint density at radius 1 is 1.33 bits per heavy atom. The number of methoxy groups -OCH3 is 2. The van der Waals surface area contributed by atoms with Crippen LogP contribution in [-0.2, 0) is 0 Å². The maximum atomic E-state index is 8.87. The van der Waals surface area contributed by atoms with E-state index in [1.807, 2.05) is 0 Å². The van der Waals surface area contributed by atoms with E-state index >= 15 is 0 Å². The second kappa shape index (κ2) is 3.80. The molecule has 1 heterocycles. The van der Waals surface area contributed by atoms with Gasteiger partial charge in [0, 0.05) is 5.38 Å². The molecule has 1 aromatic heterocycles. The maximum Gasteiger partial charge on any atom is 0.503 e. The van der Waals surface area contributed by atoms with Gasteiger partial charge in [-0.05, 0) is 0 Å². The van der Waals surface area contributed by atoms with Crippen molar-refractivity contribution in [3.05, 3.63) is 5.38 Å². The third-order valence-corrected chi connectivity index (χ3v) is 2.38. The molecule has 0 fully saturated rings. The predicted octanol–water partition coefficient (Wildman–Crippen LogP) is -0.555. The van der Waals surface area contributed by atoms with Crippen LogP contribution in [0.5, 0.6) is 11.5 Å². The molecule has 0 spiro atoms. The first-order valence-electron chi connectivity index (χ1n) is 3.26. The molecule has 0 amide bonds. The Kier molecular flexibility index (Phi) is 2.96. The van der Waals surface area contributed by atoms with Gasteiger partial charge in [-0.1, -0.05) is 0 Å². The van der Waals surface area contributed by atoms with Crippen LogP contribution in [0.15, 0.2) is 5.38 Å². The summed E-state index contributed by atoms with van der Waals surface area (Å²) in [6, 6.07) is 0. The largest absolute Gasteiger partial charge is 0.503 e. The first-order chi connectivity index (χ1) is 5.70. The molecule has 0 saturated carbocycles. The molecule has 0 aliphatic rings. The minimum atomic E-state index is -1.51. The molecule has 0 bridgehead atoms. The van der Waals surface area contributed by atoms with E-state index < -0.39 is 7.12 Å². The van der Waals surface area contributed by atoms with Gasteiger partial charge in [-0.25, -0.2) is 0 Å². The lowest BCUT2D eigenvalue weighted by Gasteiger charge is -2.03. The number of rotatable bonds is 3. The van der Waals surface area contributed by atoms with E-state index in [0.29, 0.717) is 16.3 Å². The summed E-state index contributed by atoms with van der Waals surface area (Å²) in [6.07, 6.45) is 0. The van der Waals surface area contributed by atoms with Crippen LogP contribution in [0.1, 0.15) is 0 Å². The minimum absolute atomic E-state index is 0.356. The lowest BCUT2D eigenvalue weighted by molar-refractivity contribution is 0.357. The highest BCUT2D eigenvalue weighted by atomic mass is 32.1. The lowest BCUT2D eigenvalue weighted by atomic mass is 9.89. The van der Waals surface area contributed by atoms with Crippen molar-refractivity contribution in [2.45, 2.75) is 0 Å². The molecule has 0 saturated heterocycles. The van der Waals surface area contributed by atoms with E-state index in [1.54, 1.807) is 5.38 Å². The first-order valence-corrected chi connectivity index (χ1v) is 4.14. The van der Waals surface area contributed by atoms with Crippen LogP contribution in [0.4, 0.5) is 0 Å². The Labute approximate surface area is 74.5 Å². The van der Waals surface area contributed by atoms with Gasteiger partial charge in [-0.15, -0.1) is 11.3 Å². The van der Waals surface area contributed by atoms with Crippen LogP contribution in [0.25, 0.3) is 0 Å². The smallest absolute Gasteiger partial charge is 0.492 e. The van der Waals surface area contributed by atoms with Gasteiger partial charge in [0.05, 0.1) is 19.0 Å². The van der Waals surface area contributed by atoms with Crippen molar-refractivity contribution in [2.24, 2.45) is 0 Å². The molecule has 0 radical (unpaired) electrons. The highest BCUT2D eigenvalue weighted by Crippen LogP contribution is 2.28. The molecule has 0 unspecified atom stereocenters. The van der Waals surface area contributed by atoms with Gasteiger partial charge >= 0.3 is 7.12 Å². The van der Waals surface area contributed by atoms with Crippen LogP contribution in [0, 0.1) is 0 Å². The molecule has 0 aliphatic heterocycles. The Bertz CT molecular complexity index is 260. The maximum absolute atomic E-state index is 8.87. The quantitative estimate of drug-likeness (QED) is 0.624. The zero-order valence-corrected chi connectivity index (χ0v) is 7.59. The van der Waals surface area contributed by atoms with Crippen molar-refractivity contribution in [1.82, 2.24) is 0 Å². The zero-order chi connectivity index (χ0) is 9.14. The Morgan fingerprint density at radius 2 is 2.00 bits per heavy atom. The van der Waals surface area contributed by atoms with E-state index in [2.05, 4.69) is 0 Å². The van der Waals surface area contributed by atoms with Crippen molar-refractivity contribution >= 4 is 23.2 Å². The zero-order valence-electron chi connectivity index (χ0n) is 6.77. The fourth-order valence-corrected chi connectivity index (χ4v) is 1.72. The van der Waals surface area contributed by atoms with Crippen molar-refractivity contribution in [3.8, 4) is 11.5 Å². The molecule has 12 heavy (non-hydrogen) atoms. The fraction of sp³-hybridized carbons (Fsp3) is 0.333.